The number of halogens is 3. The van der Waals surface area contributed by atoms with Crippen molar-refractivity contribution >= 4 is 71.5 Å². The molecule has 0 heterocycles. The Hall–Kier alpha value is -5.42. The van der Waals surface area contributed by atoms with Crippen molar-refractivity contribution in [3.05, 3.63) is 273 Å². The molecular weight excluding hydrogens is 874 g/mol. The maximum Gasteiger partial charge on any atom is 0.379 e. The van der Waals surface area contributed by atoms with Gasteiger partial charge in [-0.1, -0.05) is 273 Å². The van der Waals surface area contributed by atoms with Crippen molar-refractivity contribution < 1.29 is 30.2 Å². The van der Waals surface area contributed by atoms with Crippen LogP contribution in [0.15, 0.2) is 273 Å². The van der Waals surface area contributed by atoms with E-state index in [1.54, 1.807) is 0 Å². The Morgan fingerprint density at radius 3 is 0.355 bits per heavy atom. The molecule has 0 saturated heterocycles. The van der Waals surface area contributed by atoms with E-state index in [2.05, 4.69) is 273 Å². The minimum absolute atomic E-state index is 0. The zero-order valence-electron chi connectivity index (χ0n) is 33.8. The van der Waals surface area contributed by atoms with Crippen LogP contribution >= 0.6 is 23.8 Å². The Balaban J connectivity index is 0.000000167. The van der Waals surface area contributed by atoms with Gasteiger partial charge in [0, 0.05) is 17.1 Å². The van der Waals surface area contributed by atoms with Gasteiger partial charge in [0.05, 0.1) is 0 Å². The van der Waals surface area contributed by atoms with Crippen LogP contribution in [0, 0.1) is 0 Å². The molecule has 62 heavy (non-hydrogen) atoms. The van der Waals surface area contributed by atoms with Gasteiger partial charge >= 0.3 is 6.68 Å². The zero-order valence-corrected chi connectivity index (χ0v) is 37.5. The quantitative estimate of drug-likeness (QED) is 0.1000. The summed E-state index contributed by atoms with van der Waals surface area (Å²) in [4.78, 5) is 0. The summed E-state index contributed by atoms with van der Waals surface area (Å²) in [5.74, 6) is 0. The average Bonchev–Trinajstić information content (AvgIpc) is 3.33. The molecule has 0 bridgehead atoms. The van der Waals surface area contributed by atoms with Crippen LogP contribution in [0.1, 0.15) is 0 Å². The first kappa shape index (κ1) is 47.6. The van der Waals surface area contributed by atoms with Crippen molar-refractivity contribution in [3.8, 4) is 0 Å². The number of hydrogen-bond donors (Lipinski definition) is 0. The van der Waals surface area contributed by atoms with Crippen LogP contribution in [-0.2, 0) is 17.1 Å². The fourth-order valence-corrected chi connectivity index (χ4v) is 13.5. The van der Waals surface area contributed by atoms with E-state index in [0.29, 0.717) is 0 Å². The summed E-state index contributed by atoms with van der Waals surface area (Å²) >= 11 is 0. The molecular formula is C55H46CuF3P3. The Bertz CT molecular complexity index is 1930. The predicted octanol–water partition coefficient (Wildman–Crippen LogP) is 11.5. The van der Waals surface area contributed by atoms with Crippen molar-refractivity contribution in [1.82, 2.24) is 0 Å². The molecule has 313 valence electrons. The second-order valence-corrected chi connectivity index (χ2v) is 19.9. The van der Waals surface area contributed by atoms with Gasteiger partial charge in [0.2, 0.25) is 0 Å². The minimum Gasteiger partial charge on any atom is -0.174 e. The zero-order chi connectivity index (χ0) is 42.3. The molecule has 0 aliphatic heterocycles. The van der Waals surface area contributed by atoms with Gasteiger partial charge in [-0.2, -0.15) is 13.2 Å². The molecule has 9 rings (SSSR count). The van der Waals surface area contributed by atoms with E-state index in [0.717, 1.165) is 0 Å². The fraction of sp³-hybridized carbons (Fsp3) is 0.0182. The van der Waals surface area contributed by atoms with E-state index >= 15 is 0 Å². The van der Waals surface area contributed by atoms with E-state index in [1.165, 1.54) is 47.7 Å². The van der Waals surface area contributed by atoms with E-state index in [9.17, 15) is 13.2 Å². The third-order valence-electron chi connectivity index (χ3n) is 9.13. The van der Waals surface area contributed by atoms with Crippen molar-refractivity contribution in [2.24, 2.45) is 0 Å². The molecule has 0 N–H and O–H groups in total. The first-order valence-electron chi connectivity index (χ1n) is 19.9. The van der Waals surface area contributed by atoms with Crippen molar-refractivity contribution in [1.29, 1.82) is 0 Å². The Kier molecular flexibility index (Phi) is 20.6. The van der Waals surface area contributed by atoms with Gasteiger partial charge in [-0.25, -0.2) is 0 Å². The summed E-state index contributed by atoms with van der Waals surface area (Å²) in [5, 5.41) is 12.6. The maximum atomic E-state index is 9.67. The molecule has 9 aromatic carbocycles. The molecule has 0 unspecified atom stereocenters. The fourth-order valence-electron chi connectivity index (χ4n) is 6.54. The second kappa shape index (κ2) is 26.8. The summed E-state index contributed by atoms with van der Waals surface area (Å²) < 4.78 is 29.0. The molecule has 9 aromatic rings. The van der Waals surface area contributed by atoms with E-state index in [1.807, 2.05) is 0 Å². The molecule has 0 saturated carbocycles. The Morgan fingerprint density at radius 1 is 0.194 bits per heavy atom. The molecule has 0 aliphatic rings. The van der Waals surface area contributed by atoms with Crippen LogP contribution in [0.3, 0.4) is 0 Å². The summed E-state index contributed by atoms with van der Waals surface area (Å²) in [5.41, 5.74) is 0. The minimum atomic E-state index is -3.67. The summed E-state index contributed by atoms with van der Waals surface area (Å²) in [7, 11) is -1.34. The Labute approximate surface area is 379 Å². The van der Waals surface area contributed by atoms with Gasteiger partial charge < -0.3 is 0 Å². The summed E-state index contributed by atoms with van der Waals surface area (Å²) in [6, 6.07) is 97.0. The van der Waals surface area contributed by atoms with Gasteiger partial charge in [0.15, 0.2) is 0 Å². The van der Waals surface area contributed by atoms with E-state index in [4.69, 9.17) is 0 Å². The summed E-state index contributed by atoms with van der Waals surface area (Å²) in [6.07, 6.45) is 0. The standard InChI is InChI=1S/3C18H15P.CHF3.Cu/c3*1-4-10-16(11-5-1)19(17-12-6-2-7-13-17)18-14-8-3-9-15-18;2-1(3)4;/h3*1-15H;1H;. The van der Waals surface area contributed by atoms with Gasteiger partial charge in [0.1, 0.15) is 0 Å². The normalized spacial score (nSPS) is 10.3. The van der Waals surface area contributed by atoms with Crippen molar-refractivity contribution in [2.45, 2.75) is 6.68 Å². The number of benzene rings is 9. The third-order valence-corrected chi connectivity index (χ3v) is 16.5. The first-order valence-corrected chi connectivity index (χ1v) is 23.9. The molecule has 0 spiro atoms. The second-order valence-electron chi connectivity index (χ2n) is 13.3. The van der Waals surface area contributed by atoms with Crippen molar-refractivity contribution in [3.63, 3.8) is 0 Å². The van der Waals surface area contributed by atoms with Crippen LogP contribution < -0.4 is 47.7 Å². The van der Waals surface area contributed by atoms with Gasteiger partial charge in [0.25, 0.3) is 0 Å². The monoisotopic (exact) mass is 919 g/mol. The van der Waals surface area contributed by atoms with Gasteiger partial charge in [-0.3, -0.25) is 0 Å². The average molecular weight is 920 g/mol. The molecule has 0 amide bonds. The molecule has 0 fully saturated rings. The molecule has 1 radical (unpaired) electrons. The third kappa shape index (κ3) is 14.9. The SMILES string of the molecule is FC(F)F.[Cu].c1ccc(P(c2ccccc2)c2ccccc2)cc1.c1ccc(P(c2ccccc2)c2ccccc2)cc1.c1ccc(P(c2ccccc2)c2ccccc2)cc1. The number of hydrogen-bond acceptors (Lipinski definition) is 0. The van der Waals surface area contributed by atoms with Crippen molar-refractivity contribution in [2.75, 3.05) is 0 Å². The van der Waals surface area contributed by atoms with Crippen LogP contribution in [0.4, 0.5) is 13.2 Å². The maximum absolute atomic E-state index is 9.67. The molecule has 0 atom stereocenters. The predicted molar refractivity (Wildman–Crippen MR) is 263 cm³/mol. The molecule has 0 nitrogen and oxygen atoms in total. The largest absolute Gasteiger partial charge is 0.379 e. The van der Waals surface area contributed by atoms with Crippen LogP contribution in [0.5, 0.6) is 0 Å². The van der Waals surface area contributed by atoms with Crippen LogP contribution in [0.25, 0.3) is 0 Å². The first-order chi connectivity index (χ1) is 30.1. The van der Waals surface area contributed by atoms with Gasteiger partial charge in [-0.15, -0.1) is 0 Å². The van der Waals surface area contributed by atoms with Gasteiger partial charge in [-0.05, 0) is 71.5 Å². The number of alkyl halides is 3. The van der Waals surface area contributed by atoms with Crippen LogP contribution in [-0.4, -0.2) is 6.68 Å². The molecule has 0 aromatic heterocycles. The topological polar surface area (TPSA) is 0 Å². The molecule has 0 aliphatic carbocycles. The smallest absolute Gasteiger partial charge is 0.174 e. The van der Waals surface area contributed by atoms with Crippen LogP contribution in [0.2, 0.25) is 0 Å². The molecule has 7 heteroatoms. The van der Waals surface area contributed by atoms with E-state index < -0.39 is 30.4 Å². The Morgan fingerprint density at radius 2 is 0.274 bits per heavy atom. The number of rotatable bonds is 9. The van der Waals surface area contributed by atoms with E-state index in [-0.39, 0.29) is 17.1 Å². The summed E-state index contributed by atoms with van der Waals surface area (Å²) in [6.45, 7) is -3.67.